The molecule has 4 N–H and O–H groups in total. The van der Waals surface area contributed by atoms with Crippen molar-refractivity contribution >= 4 is 12.4 Å². The molecule has 0 aromatic carbocycles. The lowest BCUT2D eigenvalue weighted by molar-refractivity contribution is 1.50. The average Bonchev–Trinajstić information content (AvgIpc) is 1.37. The maximum Gasteiger partial charge on any atom is 0.00957 e. The van der Waals surface area contributed by atoms with Crippen LogP contribution in [-0.4, -0.2) is 0 Å². The Bertz CT molecular complexity index is 22.8. The van der Waals surface area contributed by atoms with Gasteiger partial charge in [-0.1, -0.05) is 0 Å². The topological polar surface area (TPSA) is 52.0 Å². The largest absolute Gasteiger partial charge is 0.403 e. The minimum Gasteiger partial charge on any atom is -0.403 e. The summed E-state index contributed by atoms with van der Waals surface area (Å²) in [4.78, 5) is 0. The Labute approximate surface area is 37.2 Å². The molecule has 0 fully saturated rings. The van der Waals surface area contributed by atoms with E-state index in [9.17, 15) is 0 Å². The molecule has 0 atom stereocenters. The quantitative estimate of drug-likeness (QED) is 0.437. The van der Waals surface area contributed by atoms with Crippen molar-refractivity contribution in [3.05, 3.63) is 12.4 Å². The van der Waals surface area contributed by atoms with E-state index in [1.807, 2.05) is 0 Å². The maximum absolute atomic E-state index is 4.72. The van der Waals surface area contributed by atoms with Crippen LogP contribution in [-0.2, 0) is 0 Å². The monoisotopic (exact) mass is 94.0 g/mol. The molecule has 0 unspecified atom stereocenters. The molecule has 3 heteroatoms. The maximum atomic E-state index is 4.72. The third-order valence-electron chi connectivity index (χ3n) is 0.111. The van der Waals surface area contributed by atoms with Crippen molar-refractivity contribution < 1.29 is 0 Å². The highest BCUT2D eigenvalue weighted by atomic mass is 35.5. The van der Waals surface area contributed by atoms with Gasteiger partial charge in [-0.3, -0.25) is 0 Å². The first-order valence-corrected chi connectivity index (χ1v) is 1.00. The molecule has 0 radical (unpaired) electrons. The lowest BCUT2D eigenvalue weighted by Gasteiger charge is -1.56. The number of rotatable bonds is 0. The molecule has 0 saturated carbocycles. The SMILES string of the molecule is Cl.NC=CN. The Morgan fingerprint density at radius 2 is 1.20 bits per heavy atom. The van der Waals surface area contributed by atoms with Crippen molar-refractivity contribution in [3.8, 4) is 0 Å². The molecular weight excluding hydrogens is 87.5 g/mol. The summed E-state index contributed by atoms with van der Waals surface area (Å²) in [5.41, 5.74) is 9.44. The molecular formula is C2H7ClN2. The van der Waals surface area contributed by atoms with Gasteiger partial charge in [-0.15, -0.1) is 12.4 Å². The molecule has 5 heavy (non-hydrogen) atoms. The summed E-state index contributed by atoms with van der Waals surface area (Å²) in [6.07, 6.45) is 2.56. The average molecular weight is 94.5 g/mol. The van der Waals surface area contributed by atoms with Gasteiger partial charge in [0.1, 0.15) is 0 Å². The van der Waals surface area contributed by atoms with E-state index in [0.717, 1.165) is 0 Å². The fraction of sp³-hybridized carbons (Fsp3) is 0. The Balaban J connectivity index is 0. The highest BCUT2D eigenvalue weighted by Gasteiger charge is 1.30. The molecule has 0 saturated heterocycles. The summed E-state index contributed by atoms with van der Waals surface area (Å²) in [5.74, 6) is 0. The zero-order chi connectivity index (χ0) is 3.41. The summed E-state index contributed by atoms with van der Waals surface area (Å²) in [6, 6.07) is 0. The van der Waals surface area contributed by atoms with Gasteiger partial charge in [0.2, 0.25) is 0 Å². The van der Waals surface area contributed by atoms with Gasteiger partial charge in [0.25, 0.3) is 0 Å². The second-order valence-corrected chi connectivity index (χ2v) is 0.385. The fourth-order valence-corrected chi connectivity index (χ4v) is 0. The van der Waals surface area contributed by atoms with Crippen LogP contribution in [0.5, 0.6) is 0 Å². The third-order valence-corrected chi connectivity index (χ3v) is 0.111. The van der Waals surface area contributed by atoms with E-state index in [1.54, 1.807) is 0 Å². The molecule has 0 bridgehead atoms. The molecule has 32 valence electrons. The summed E-state index contributed by atoms with van der Waals surface area (Å²) in [7, 11) is 0. The van der Waals surface area contributed by atoms with Crippen LogP contribution in [0, 0.1) is 0 Å². The van der Waals surface area contributed by atoms with Gasteiger partial charge < -0.3 is 11.5 Å². The van der Waals surface area contributed by atoms with Crippen LogP contribution < -0.4 is 11.5 Å². The van der Waals surface area contributed by atoms with Gasteiger partial charge in [0, 0.05) is 12.4 Å². The fourth-order valence-electron chi connectivity index (χ4n) is 0. The van der Waals surface area contributed by atoms with Crippen LogP contribution in [0.2, 0.25) is 0 Å². The molecule has 0 amide bonds. The van der Waals surface area contributed by atoms with Crippen LogP contribution >= 0.6 is 12.4 Å². The number of nitrogens with two attached hydrogens (primary N) is 2. The Morgan fingerprint density at radius 1 is 1.00 bits per heavy atom. The molecule has 0 heterocycles. The number of hydrogen-bond donors (Lipinski definition) is 2. The van der Waals surface area contributed by atoms with Crippen molar-refractivity contribution in [2.24, 2.45) is 11.5 Å². The third kappa shape index (κ3) is 24.3. The van der Waals surface area contributed by atoms with E-state index < -0.39 is 0 Å². The van der Waals surface area contributed by atoms with Gasteiger partial charge in [-0.05, 0) is 0 Å². The zero-order valence-electron chi connectivity index (χ0n) is 2.72. The van der Waals surface area contributed by atoms with Crippen molar-refractivity contribution in [1.82, 2.24) is 0 Å². The molecule has 0 aliphatic heterocycles. The van der Waals surface area contributed by atoms with Gasteiger partial charge in [-0.2, -0.15) is 0 Å². The smallest absolute Gasteiger partial charge is 0.00957 e. The van der Waals surface area contributed by atoms with Crippen LogP contribution in [0.4, 0.5) is 0 Å². The molecule has 2 nitrogen and oxygen atoms in total. The van der Waals surface area contributed by atoms with Crippen LogP contribution in [0.25, 0.3) is 0 Å². The van der Waals surface area contributed by atoms with Crippen molar-refractivity contribution in [3.63, 3.8) is 0 Å². The predicted octanol–water partition coefficient (Wildman–Crippen LogP) is -0.203. The predicted molar refractivity (Wildman–Crippen MR) is 24.8 cm³/mol. The Kier molecular flexibility index (Phi) is 16.7. The molecule has 0 spiro atoms. The second-order valence-electron chi connectivity index (χ2n) is 0.385. The lowest BCUT2D eigenvalue weighted by atomic mass is 11.0. The molecule has 0 aliphatic rings. The van der Waals surface area contributed by atoms with E-state index >= 15 is 0 Å². The lowest BCUT2D eigenvalue weighted by Crippen LogP contribution is -1.81. The highest BCUT2D eigenvalue weighted by Crippen LogP contribution is 1.30. The summed E-state index contributed by atoms with van der Waals surface area (Å²) in [5, 5.41) is 0. The second kappa shape index (κ2) is 9.45. The van der Waals surface area contributed by atoms with E-state index in [4.69, 9.17) is 11.5 Å². The Morgan fingerprint density at radius 3 is 1.20 bits per heavy atom. The molecule has 0 aromatic heterocycles. The van der Waals surface area contributed by atoms with Crippen molar-refractivity contribution in [2.45, 2.75) is 0 Å². The van der Waals surface area contributed by atoms with Crippen molar-refractivity contribution in [1.29, 1.82) is 0 Å². The van der Waals surface area contributed by atoms with Gasteiger partial charge in [0.05, 0.1) is 0 Å². The summed E-state index contributed by atoms with van der Waals surface area (Å²) >= 11 is 0. The van der Waals surface area contributed by atoms with Gasteiger partial charge in [-0.25, -0.2) is 0 Å². The van der Waals surface area contributed by atoms with Crippen LogP contribution in [0.15, 0.2) is 12.4 Å². The highest BCUT2D eigenvalue weighted by molar-refractivity contribution is 5.85. The van der Waals surface area contributed by atoms with E-state index in [-0.39, 0.29) is 12.4 Å². The van der Waals surface area contributed by atoms with Crippen molar-refractivity contribution in [2.75, 3.05) is 0 Å². The number of hydrogen-bond acceptors (Lipinski definition) is 2. The number of halogens is 1. The normalized spacial score (nSPS) is 7.20. The summed E-state index contributed by atoms with van der Waals surface area (Å²) < 4.78 is 0. The first kappa shape index (κ1) is 8.82. The molecule has 0 rings (SSSR count). The van der Waals surface area contributed by atoms with E-state index in [2.05, 4.69) is 0 Å². The Hall–Kier alpha value is -0.370. The first-order valence-electron chi connectivity index (χ1n) is 1.00. The van der Waals surface area contributed by atoms with E-state index in [1.165, 1.54) is 12.4 Å². The van der Waals surface area contributed by atoms with Gasteiger partial charge in [0.15, 0.2) is 0 Å². The molecule has 0 aliphatic carbocycles. The summed E-state index contributed by atoms with van der Waals surface area (Å²) in [6.45, 7) is 0. The van der Waals surface area contributed by atoms with E-state index in [0.29, 0.717) is 0 Å². The minimum atomic E-state index is 0. The van der Waals surface area contributed by atoms with Gasteiger partial charge >= 0.3 is 0 Å². The van der Waals surface area contributed by atoms with Crippen LogP contribution in [0.3, 0.4) is 0 Å². The molecule has 0 aromatic rings. The standard InChI is InChI=1S/C2H6N2.ClH/c3-1-2-4;/h1-2H,3-4H2;1H. The zero-order valence-corrected chi connectivity index (χ0v) is 3.53. The first-order chi connectivity index (χ1) is 1.91. The van der Waals surface area contributed by atoms with Crippen LogP contribution in [0.1, 0.15) is 0 Å². The minimum absolute atomic E-state index is 0.